The van der Waals surface area contributed by atoms with Crippen LogP contribution in [0.15, 0.2) is 29.2 Å². The van der Waals surface area contributed by atoms with E-state index < -0.39 is 27.1 Å². The first-order valence-corrected chi connectivity index (χ1v) is 6.74. The number of hydrogen-bond acceptors (Lipinski definition) is 6. The van der Waals surface area contributed by atoms with Crippen LogP contribution in [0, 0.1) is 10.1 Å². The zero-order valence-corrected chi connectivity index (χ0v) is 10.7. The fourth-order valence-electron chi connectivity index (χ4n) is 1.64. The maximum absolute atomic E-state index is 12.1. The zero-order valence-electron chi connectivity index (χ0n) is 9.85. The van der Waals surface area contributed by atoms with E-state index in [1.54, 1.807) is 6.92 Å². The standard InChI is InChI=1S/C10H10N2O6S/c1-7-6-11(10(13)18-7)19(16,17)9-4-2-8(3-5-9)12(14)15/h2-5,7H,6H2,1H3. The molecular formula is C10H10N2O6S. The Labute approximate surface area is 108 Å². The molecule has 1 aliphatic rings. The molecule has 9 heteroatoms. The van der Waals surface area contributed by atoms with Crippen molar-refractivity contribution in [2.45, 2.75) is 17.9 Å². The topological polar surface area (TPSA) is 107 Å². The highest BCUT2D eigenvalue weighted by atomic mass is 32.2. The number of nitro groups is 1. The highest BCUT2D eigenvalue weighted by Gasteiger charge is 2.38. The summed E-state index contributed by atoms with van der Waals surface area (Å²) in [6.07, 6.45) is -1.45. The molecular weight excluding hydrogens is 276 g/mol. The van der Waals surface area contributed by atoms with Crippen LogP contribution in [0.3, 0.4) is 0 Å². The number of sulfonamides is 1. The maximum atomic E-state index is 12.1. The summed E-state index contributed by atoms with van der Waals surface area (Å²) in [6.45, 7) is 1.50. The van der Waals surface area contributed by atoms with Gasteiger partial charge in [-0.2, -0.15) is 4.31 Å². The minimum atomic E-state index is -4.03. The van der Waals surface area contributed by atoms with Gasteiger partial charge in [0.2, 0.25) is 0 Å². The van der Waals surface area contributed by atoms with Gasteiger partial charge in [0.05, 0.1) is 16.4 Å². The third-order valence-corrected chi connectivity index (χ3v) is 4.31. The Morgan fingerprint density at radius 3 is 2.37 bits per heavy atom. The predicted octanol–water partition coefficient (Wildman–Crippen LogP) is 1.12. The van der Waals surface area contributed by atoms with Gasteiger partial charge in [-0.1, -0.05) is 0 Å². The van der Waals surface area contributed by atoms with Gasteiger partial charge in [-0.3, -0.25) is 10.1 Å². The average Bonchev–Trinajstić information content (AvgIpc) is 2.69. The molecule has 0 saturated carbocycles. The van der Waals surface area contributed by atoms with E-state index in [4.69, 9.17) is 4.74 Å². The predicted molar refractivity (Wildman–Crippen MR) is 62.9 cm³/mol. The molecule has 1 atom stereocenters. The van der Waals surface area contributed by atoms with Gasteiger partial charge in [0, 0.05) is 12.1 Å². The summed E-state index contributed by atoms with van der Waals surface area (Å²) in [6, 6.07) is 4.31. The number of cyclic esters (lactones) is 1. The summed E-state index contributed by atoms with van der Waals surface area (Å²) in [4.78, 5) is 21.1. The summed E-state index contributed by atoms with van der Waals surface area (Å²) in [5, 5.41) is 10.5. The molecule has 0 bridgehead atoms. The summed E-state index contributed by atoms with van der Waals surface area (Å²) >= 11 is 0. The van der Waals surface area contributed by atoms with E-state index in [1.165, 1.54) is 0 Å². The van der Waals surface area contributed by atoms with Gasteiger partial charge in [0.25, 0.3) is 15.7 Å². The van der Waals surface area contributed by atoms with Crippen molar-refractivity contribution < 1.29 is 22.9 Å². The molecule has 1 aliphatic heterocycles. The largest absolute Gasteiger partial charge is 0.444 e. The Bertz CT molecular complexity index is 624. The van der Waals surface area contributed by atoms with Crippen molar-refractivity contribution in [2.24, 2.45) is 0 Å². The van der Waals surface area contributed by atoms with Crippen molar-refractivity contribution in [3.8, 4) is 0 Å². The molecule has 0 spiro atoms. The molecule has 2 rings (SSSR count). The first-order valence-electron chi connectivity index (χ1n) is 5.30. The smallest absolute Gasteiger partial charge is 0.424 e. The lowest BCUT2D eigenvalue weighted by Gasteiger charge is -2.13. The minimum absolute atomic E-state index is 0.0713. The van der Waals surface area contributed by atoms with E-state index in [2.05, 4.69) is 0 Å². The van der Waals surface area contributed by atoms with Crippen molar-refractivity contribution in [1.29, 1.82) is 0 Å². The number of nitro benzene ring substituents is 1. The SMILES string of the molecule is CC1CN(S(=O)(=O)c2ccc([N+](=O)[O-])cc2)C(=O)O1. The molecule has 0 N–H and O–H groups in total. The van der Waals surface area contributed by atoms with Gasteiger partial charge < -0.3 is 4.74 Å². The lowest BCUT2D eigenvalue weighted by molar-refractivity contribution is -0.384. The van der Waals surface area contributed by atoms with Crippen LogP contribution in [0.5, 0.6) is 0 Å². The Kier molecular flexibility index (Phi) is 3.14. The van der Waals surface area contributed by atoms with Crippen LogP contribution >= 0.6 is 0 Å². The van der Waals surface area contributed by atoms with Crippen LogP contribution in [0.2, 0.25) is 0 Å². The zero-order chi connectivity index (χ0) is 14.2. The van der Waals surface area contributed by atoms with Gasteiger partial charge in [0.15, 0.2) is 0 Å². The first-order chi connectivity index (χ1) is 8.82. The maximum Gasteiger partial charge on any atom is 0.424 e. The summed E-state index contributed by atoms with van der Waals surface area (Å²) in [7, 11) is -4.03. The molecule has 0 aliphatic carbocycles. The molecule has 0 radical (unpaired) electrons. The number of non-ortho nitro benzene ring substituents is 1. The quantitative estimate of drug-likeness (QED) is 0.608. The van der Waals surface area contributed by atoms with Crippen molar-refractivity contribution in [3.63, 3.8) is 0 Å². The Morgan fingerprint density at radius 1 is 1.37 bits per heavy atom. The normalized spacial score (nSPS) is 19.3. The van der Waals surface area contributed by atoms with Crippen LogP contribution in [0.4, 0.5) is 10.5 Å². The van der Waals surface area contributed by atoms with Crippen molar-refractivity contribution in [2.75, 3.05) is 6.54 Å². The monoisotopic (exact) mass is 286 g/mol. The van der Waals surface area contributed by atoms with E-state index in [-0.39, 0.29) is 17.1 Å². The van der Waals surface area contributed by atoms with Crippen LogP contribution in [-0.4, -0.2) is 36.4 Å². The first kappa shape index (κ1) is 13.3. The molecule has 19 heavy (non-hydrogen) atoms. The molecule has 1 fully saturated rings. The van der Waals surface area contributed by atoms with Crippen LogP contribution < -0.4 is 0 Å². The third kappa shape index (κ3) is 2.36. The Balaban J connectivity index is 2.34. The van der Waals surface area contributed by atoms with Gasteiger partial charge in [0.1, 0.15) is 6.10 Å². The molecule has 102 valence electrons. The number of amides is 1. The van der Waals surface area contributed by atoms with E-state index in [1.807, 2.05) is 0 Å². The number of carbonyl (C=O) groups excluding carboxylic acids is 1. The summed E-state index contributed by atoms with van der Waals surface area (Å²) in [5.74, 6) is 0. The molecule has 1 aromatic rings. The van der Waals surface area contributed by atoms with Crippen molar-refractivity contribution in [1.82, 2.24) is 4.31 Å². The third-order valence-electron chi connectivity index (χ3n) is 2.56. The number of rotatable bonds is 3. The Hall–Kier alpha value is -2.16. The highest BCUT2D eigenvalue weighted by Crippen LogP contribution is 2.23. The van der Waals surface area contributed by atoms with E-state index in [0.717, 1.165) is 24.3 Å². The van der Waals surface area contributed by atoms with Crippen LogP contribution in [-0.2, 0) is 14.8 Å². The highest BCUT2D eigenvalue weighted by molar-refractivity contribution is 7.89. The second-order valence-electron chi connectivity index (χ2n) is 3.98. The number of benzene rings is 1. The Morgan fingerprint density at radius 2 is 1.95 bits per heavy atom. The van der Waals surface area contributed by atoms with E-state index >= 15 is 0 Å². The minimum Gasteiger partial charge on any atom is -0.444 e. The van der Waals surface area contributed by atoms with E-state index in [0.29, 0.717) is 4.31 Å². The van der Waals surface area contributed by atoms with Crippen LogP contribution in [0.25, 0.3) is 0 Å². The average molecular weight is 286 g/mol. The fourth-order valence-corrected chi connectivity index (χ4v) is 3.02. The summed E-state index contributed by atoms with van der Waals surface area (Å²) < 4.78 is 29.6. The molecule has 8 nitrogen and oxygen atoms in total. The fraction of sp³-hybridized carbons (Fsp3) is 0.300. The van der Waals surface area contributed by atoms with Gasteiger partial charge >= 0.3 is 6.09 Å². The molecule has 1 amide bonds. The van der Waals surface area contributed by atoms with Crippen molar-refractivity contribution >= 4 is 21.8 Å². The number of hydrogen-bond donors (Lipinski definition) is 0. The lowest BCUT2D eigenvalue weighted by Crippen LogP contribution is -2.32. The number of carbonyl (C=O) groups is 1. The van der Waals surface area contributed by atoms with Crippen molar-refractivity contribution in [3.05, 3.63) is 34.4 Å². The molecule has 1 aromatic carbocycles. The van der Waals surface area contributed by atoms with Gasteiger partial charge in [-0.05, 0) is 19.1 Å². The van der Waals surface area contributed by atoms with Gasteiger partial charge in [-0.25, -0.2) is 13.2 Å². The summed E-state index contributed by atoms with van der Waals surface area (Å²) in [5.41, 5.74) is -0.226. The molecule has 1 saturated heterocycles. The molecule has 1 unspecified atom stereocenters. The number of nitrogens with zero attached hydrogens (tertiary/aromatic N) is 2. The van der Waals surface area contributed by atoms with Crippen LogP contribution in [0.1, 0.15) is 6.92 Å². The van der Waals surface area contributed by atoms with Gasteiger partial charge in [-0.15, -0.1) is 0 Å². The second kappa shape index (κ2) is 4.50. The lowest BCUT2D eigenvalue weighted by atomic mass is 10.3. The number of ether oxygens (including phenoxy) is 1. The molecule has 1 heterocycles. The molecule has 0 aromatic heterocycles. The second-order valence-corrected chi connectivity index (χ2v) is 5.84. The van der Waals surface area contributed by atoms with E-state index in [9.17, 15) is 23.3 Å².